The Bertz CT molecular complexity index is 2100. The fourth-order valence-corrected chi connectivity index (χ4v) is 8.42. The van der Waals surface area contributed by atoms with E-state index in [0.717, 1.165) is 23.0 Å². The molecule has 3 aliphatic rings. The van der Waals surface area contributed by atoms with Crippen LogP contribution < -0.4 is 31.2 Å². The number of nitrogens with zero attached hydrogens (tertiary/aromatic N) is 2. The van der Waals surface area contributed by atoms with E-state index >= 15 is 0 Å². The summed E-state index contributed by atoms with van der Waals surface area (Å²) in [6.45, 7) is 7.11. The van der Waals surface area contributed by atoms with Crippen LogP contribution in [0.5, 0.6) is 11.6 Å². The van der Waals surface area contributed by atoms with Crippen LogP contribution in [0.3, 0.4) is 0 Å². The number of para-hydroxylation sites is 1. The Morgan fingerprint density at radius 2 is 1.45 bits per heavy atom. The standard InChI is InChI=1S/C39H33BN2OSi/c1-25-20-36-38-37(21-25)43-39-33(24-34(27-10-6-4-7-11-27)42(39)29-12-8-5-9-13-29)40(38)32-19-18-31(44(2)3)23-35(32)41(36)30-17-16-26-14-15-28(26)22-30/h4-13,16-24,44H,14-15H2,1-3H3. The summed E-state index contributed by atoms with van der Waals surface area (Å²) in [5, 5.41) is 1.49. The van der Waals surface area contributed by atoms with Crippen molar-refractivity contribution in [2.24, 2.45) is 0 Å². The number of hydrogen-bond acceptors (Lipinski definition) is 2. The first-order valence-corrected chi connectivity index (χ1v) is 18.7. The summed E-state index contributed by atoms with van der Waals surface area (Å²) in [5.74, 6) is 1.86. The minimum absolute atomic E-state index is 0.0672. The second-order valence-electron chi connectivity index (χ2n) is 12.8. The van der Waals surface area contributed by atoms with Gasteiger partial charge in [-0.05, 0) is 107 Å². The van der Waals surface area contributed by atoms with Gasteiger partial charge in [0.1, 0.15) is 5.75 Å². The maximum atomic E-state index is 7.05. The maximum Gasteiger partial charge on any atom is 0.258 e. The molecular weight excluding hydrogens is 551 g/mol. The molecule has 0 saturated carbocycles. The van der Waals surface area contributed by atoms with E-state index < -0.39 is 8.80 Å². The lowest BCUT2D eigenvalue weighted by Gasteiger charge is -2.40. The molecule has 0 fully saturated rings. The Hall–Kier alpha value is -4.74. The van der Waals surface area contributed by atoms with Gasteiger partial charge >= 0.3 is 0 Å². The van der Waals surface area contributed by atoms with Crippen LogP contribution in [0.1, 0.15) is 16.7 Å². The van der Waals surface area contributed by atoms with E-state index in [2.05, 4.69) is 145 Å². The van der Waals surface area contributed by atoms with Crippen LogP contribution in [0.15, 0.2) is 115 Å². The second-order valence-corrected chi connectivity index (χ2v) is 15.8. The molecule has 0 spiro atoms. The molecule has 0 bridgehead atoms. The normalized spacial score (nSPS) is 13.9. The van der Waals surface area contributed by atoms with Crippen molar-refractivity contribution in [2.45, 2.75) is 32.9 Å². The van der Waals surface area contributed by atoms with E-state index in [4.69, 9.17) is 4.74 Å². The lowest BCUT2D eigenvalue weighted by molar-refractivity contribution is 0.458. The van der Waals surface area contributed by atoms with Crippen molar-refractivity contribution < 1.29 is 4.74 Å². The van der Waals surface area contributed by atoms with E-state index in [-0.39, 0.29) is 6.71 Å². The van der Waals surface area contributed by atoms with Crippen molar-refractivity contribution in [1.29, 1.82) is 0 Å². The van der Waals surface area contributed by atoms with Crippen LogP contribution in [-0.2, 0) is 12.8 Å². The lowest BCUT2D eigenvalue weighted by atomic mass is 9.34. The van der Waals surface area contributed by atoms with Crippen molar-refractivity contribution in [2.75, 3.05) is 4.90 Å². The predicted octanol–water partition coefficient (Wildman–Crippen LogP) is 6.65. The predicted molar refractivity (Wildman–Crippen MR) is 188 cm³/mol. The highest BCUT2D eigenvalue weighted by Gasteiger charge is 2.44. The lowest BCUT2D eigenvalue weighted by Crippen LogP contribution is -2.59. The molecule has 3 heterocycles. The summed E-state index contributed by atoms with van der Waals surface area (Å²) < 4.78 is 9.36. The topological polar surface area (TPSA) is 17.4 Å². The third kappa shape index (κ3) is 3.75. The van der Waals surface area contributed by atoms with Gasteiger partial charge in [-0.3, -0.25) is 4.57 Å². The highest BCUT2D eigenvalue weighted by atomic mass is 28.3. The SMILES string of the molecule is Cc1cc2c3c(c1)N(c1ccc4c(c1)CC4)c1cc([SiH](C)C)ccc1B3c1cc(-c3ccccc3)n(-c3ccccc3)c1O2. The van der Waals surface area contributed by atoms with Gasteiger partial charge in [0.25, 0.3) is 6.71 Å². The van der Waals surface area contributed by atoms with Crippen LogP contribution in [0.4, 0.5) is 17.1 Å². The Kier molecular flexibility index (Phi) is 5.63. The second kappa shape index (κ2) is 9.63. The van der Waals surface area contributed by atoms with Crippen molar-refractivity contribution in [1.82, 2.24) is 4.57 Å². The third-order valence-corrected chi connectivity index (χ3v) is 11.5. The van der Waals surface area contributed by atoms with Crippen molar-refractivity contribution >= 4 is 54.1 Å². The Labute approximate surface area is 261 Å². The fraction of sp³-hybridized carbons (Fsp3) is 0.128. The quantitative estimate of drug-likeness (QED) is 0.216. The van der Waals surface area contributed by atoms with E-state index in [1.807, 2.05) is 0 Å². The number of aryl methyl sites for hydroxylation is 3. The fourth-order valence-electron chi connectivity index (χ4n) is 7.45. The Morgan fingerprint density at radius 1 is 0.682 bits per heavy atom. The third-order valence-electron chi connectivity index (χ3n) is 9.76. The van der Waals surface area contributed by atoms with Gasteiger partial charge in [-0.1, -0.05) is 85.0 Å². The van der Waals surface area contributed by atoms with Crippen LogP contribution in [0.25, 0.3) is 16.9 Å². The summed E-state index contributed by atoms with van der Waals surface area (Å²) in [6, 6.07) is 42.7. The number of anilines is 3. The van der Waals surface area contributed by atoms with Crippen LogP contribution in [-0.4, -0.2) is 20.1 Å². The highest BCUT2D eigenvalue weighted by molar-refractivity contribution is 6.99. The number of ether oxygens (including phenoxy) is 1. The molecule has 212 valence electrons. The monoisotopic (exact) mass is 584 g/mol. The van der Waals surface area contributed by atoms with Gasteiger partial charge in [0.2, 0.25) is 0 Å². The van der Waals surface area contributed by atoms with E-state index in [9.17, 15) is 0 Å². The minimum atomic E-state index is -1.04. The van der Waals surface area contributed by atoms with E-state index in [1.165, 1.54) is 73.7 Å². The number of fused-ring (bicyclic) bond motifs is 5. The molecule has 6 aromatic rings. The molecule has 9 rings (SSSR count). The van der Waals surface area contributed by atoms with Crippen molar-refractivity contribution in [3.05, 3.63) is 132 Å². The van der Waals surface area contributed by atoms with Gasteiger partial charge < -0.3 is 9.64 Å². The molecule has 0 amide bonds. The molecular formula is C39H33BN2OSi. The largest absolute Gasteiger partial charge is 0.441 e. The van der Waals surface area contributed by atoms with Gasteiger partial charge in [-0.15, -0.1) is 0 Å². The molecule has 0 unspecified atom stereocenters. The van der Waals surface area contributed by atoms with Crippen LogP contribution >= 0.6 is 0 Å². The van der Waals surface area contributed by atoms with Crippen molar-refractivity contribution in [3.63, 3.8) is 0 Å². The first-order valence-electron chi connectivity index (χ1n) is 15.8. The molecule has 0 atom stereocenters. The van der Waals surface area contributed by atoms with Crippen LogP contribution in [0.2, 0.25) is 13.1 Å². The summed E-state index contributed by atoms with van der Waals surface area (Å²) in [7, 11) is -1.04. The summed E-state index contributed by atoms with van der Waals surface area (Å²) in [6.07, 6.45) is 2.36. The zero-order valence-corrected chi connectivity index (χ0v) is 26.5. The Morgan fingerprint density at radius 3 is 2.18 bits per heavy atom. The van der Waals surface area contributed by atoms with Gasteiger partial charge in [0.05, 0.1) is 14.5 Å². The molecule has 1 aliphatic carbocycles. The first-order chi connectivity index (χ1) is 21.5. The summed E-state index contributed by atoms with van der Waals surface area (Å²) >= 11 is 0. The van der Waals surface area contributed by atoms with E-state index in [0.29, 0.717) is 0 Å². The first kappa shape index (κ1) is 25.7. The minimum Gasteiger partial charge on any atom is -0.441 e. The summed E-state index contributed by atoms with van der Waals surface area (Å²) in [4.78, 5) is 2.52. The Balaban J connectivity index is 1.35. The smallest absolute Gasteiger partial charge is 0.258 e. The van der Waals surface area contributed by atoms with Gasteiger partial charge in [0, 0.05) is 22.7 Å². The van der Waals surface area contributed by atoms with E-state index in [1.54, 1.807) is 0 Å². The molecule has 44 heavy (non-hydrogen) atoms. The highest BCUT2D eigenvalue weighted by Crippen LogP contribution is 2.44. The average molecular weight is 585 g/mol. The molecule has 0 radical (unpaired) electrons. The molecule has 5 heteroatoms. The number of benzene rings is 5. The van der Waals surface area contributed by atoms with Crippen molar-refractivity contribution in [3.8, 4) is 28.6 Å². The maximum absolute atomic E-state index is 7.05. The van der Waals surface area contributed by atoms with Gasteiger partial charge in [0.15, 0.2) is 5.88 Å². The molecule has 3 nitrogen and oxygen atoms in total. The molecule has 0 saturated heterocycles. The van der Waals surface area contributed by atoms with Gasteiger partial charge in [-0.2, -0.15) is 0 Å². The number of rotatable bonds is 4. The summed E-state index contributed by atoms with van der Waals surface area (Å²) in [5.41, 5.74) is 15.2. The zero-order valence-electron chi connectivity index (χ0n) is 25.3. The molecule has 5 aromatic carbocycles. The molecule has 0 N–H and O–H groups in total. The molecule has 1 aromatic heterocycles. The average Bonchev–Trinajstić information content (AvgIpc) is 3.41. The zero-order chi connectivity index (χ0) is 29.5. The number of hydrogen-bond donors (Lipinski definition) is 0. The number of aromatic nitrogens is 1. The van der Waals surface area contributed by atoms with Crippen LogP contribution in [0, 0.1) is 6.92 Å². The molecule has 2 aliphatic heterocycles. The van der Waals surface area contributed by atoms with Gasteiger partial charge in [-0.25, -0.2) is 0 Å².